The summed E-state index contributed by atoms with van der Waals surface area (Å²) in [6.45, 7) is 0.202. The minimum absolute atomic E-state index is 0.202. The van der Waals surface area contributed by atoms with Crippen molar-refractivity contribution in [2.24, 2.45) is 0 Å². The van der Waals surface area contributed by atoms with E-state index in [2.05, 4.69) is 15.4 Å². The maximum absolute atomic E-state index is 12.7. The van der Waals surface area contributed by atoms with Gasteiger partial charge in [0, 0.05) is 5.56 Å². The number of nitrogens with two attached hydrogens (primary N) is 1. The van der Waals surface area contributed by atoms with Crippen LogP contribution in [0.15, 0.2) is 54.6 Å². The summed E-state index contributed by atoms with van der Waals surface area (Å²) in [4.78, 5) is 0. The number of hydrogen-bond donors (Lipinski definition) is 2. The van der Waals surface area contributed by atoms with Crippen molar-refractivity contribution in [2.45, 2.75) is 6.18 Å². The number of rotatable bonds is 5. The van der Waals surface area contributed by atoms with Crippen molar-refractivity contribution in [3.63, 3.8) is 0 Å². The number of hydrogen-bond acceptors (Lipinski definition) is 4. The van der Waals surface area contributed by atoms with Gasteiger partial charge in [-0.05, 0) is 35.9 Å². The van der Waals surface area contributed by atoms with E-state index in [-0.39, 0.29) is 12.4 Å². The van der Waals surface area contributed by atoms with Crippen LogP contribution in [0.25, 0.3) is 17.3 Å². The second kappa shape index (κ2) is 7.30. The number of anilines is 1. The zero-order valence-electron chi connectivity index (χ0n) is 13.5. The third kappa shape index (κ3) is 4.21. The average Bonchev–Trinajstić information content (AvgIpc) is 3.05. The van der Waals surface area contributed by atoms with Crippen LogP contribution < -0.4 is 10.5 Å². The van der Waals surface area contributed by atoms with E-state index in [1.165, 1.54) is 6.07 Å². The molecule has 3 aromatic rings. The summed E-state index contributed by atoms with van der Waals surface area (Å²) in [5.74, 6) is 0.866. The van der Waals surface area contributed by atoms with E-state index in [0.717, 1.165) is 17.7 Å². The monoisotopic (exact) mass is 360 g/mol. The van der Waals surface area contributed by atoms with E-state index in [4.69, 9.17) is 10.5 Å². The minimum Gasteiger partial charge on any atom is -0.490 e. The van der Waals surface area contributed by atoms with E-state index in [1.807, 2.05) is 6.07 Å². The Balaban J connectivity index is 1.64. The number of nitrogens with zero attached hydrogens (tertiary/aromatic N) is 2. The topological polar surface area (TPSA) is 76.8 Å². The molecule has 1 heterocycles. The molecular formula is C18H15F3N4O. The van der Waals surface area contributed by atoms with Crippen molar-refractivity contribution in [3.05, 3.63) is 65.7 Å². The fourth-order valence-electron chi connectivity index (χ4n) is 2.33. The van der Waals surface area contributed by atoms with Crippen LogP contribution in [-0.4, -0.2) is 22.0 Å². The van der Waals surface area contributed by atoms with Crippen LogP contribution in [0, 0.1) is 0 Å². The van der Waals surface area contributed by atoms with Gasteiger partial charge >= 0.3 is 6.18 Å². The SMILES string of the molecule is Nc1n[nH]nc1-c1cccc(OC/C=C/c2cccc(C(F)(F)F)c2)c1. The quantitative estimate of drug-likeness (QED) is 0.716. The van der Waals surface area contributed by atoms with Gasteiger partial charge in [-0.1, -0.05) is 30.3 Å². The predicted octanol–water partition coefficient (Wildman–Crippen LogP) is 4.16. The number of nitrogen functional groups attached to an aromatic ring is 1. The summed E-state index contributed by atoms with van der Waals surface area (Å²) in [6.07, 6.45) is -1.13. The van der Waals surface area contributed by atoms with Gasteiger partial charge < -0.3 is 10.5 Å². The molecule has 0 saturated carbocycles. The lowest BCUT2D eigenvalue weighted by Crippen LogP contribution is -2.04. The van der Waals surface area contributed by atoms with Crippen LogP contribution in [-0.2, 0) is 6.18 Å². The van der Waals surface area contributed by atoms with Gasteiger partial charge in [0.1, 0.15) is 18.1 Å². The minimum atomic E-state index is -4.36. The molecule has 0 unspecified atom stereocenters. The second-order valence-corrected chi connectivity index (χ2v) is 5.42. The van der Waals surface area contributed by atoms with E-state index in [0.29, 0.717) is 17.0 Å². The average molecular weight is 360 g/mol. The summed E-state index contributed by atoms with van der Waals surface area (Å²) in [6, 6.07) is 12.2. The first kappa shape index (κ1) is 17.5. The summed E-state index contributed by atoms with van der Waals surface area (Å²) >= 11 is 0. The molecule has 3 N–H and O–H groups in total. The first-order valence-corrected chi connectivity index (χ1v) is 7.67. The second-order valence-electron chi connectivity index (χ2n) is 5.42. The molecule has 0 aliphatic rings. The summed E-state index contributed by atoms with van der Waals surface area (Å²) in [5, 5.41) is 10.2. The Bertz CT molecular complexity index is 919. The third-order valence-corrected chi connectivity index (χ3v) is 3.55. The van der Waals surface area contributed by atoms with Crippen molar-refractivity contribution >= 4 is 11.9 Å². The van der Waals surface area contributed by atoms with E-state index < -0.39 is 11.7 Å². The molecule has 3 rings (SSSR count). The zero-order chi connectivity index (χ0) is 18.6. The Morgan fingerprint density at radius 3 is 2.62 bits per heavy atom. The van der Waals surface area contributed by atoms with Gasteiger partial charge in [0.05, 0.1) is 5.56 Å². The molecule has 8 heteroatoms. The Morgan fingerprint density at radius 1 is 1.08 bits per heavy atom. The van der Waals surface area contributed by atoms with Crippen molar-refractivity contribution < 1.29 is 17.9 Å². The lowest BCUT2D eigenvalue weighted by atomic mass is 10.1. The normalized spacial score (nSPS) is 11.8. The molecule has 0 aliphatic carbocycles. The van der Waals surface area contributed by atoms with Crippen LogP contribution in [0.1, 0.15) is 11.1 Å². The van der Waals surface area contributed by atoms with Crippen LogP contribution in [0.5, 0.6) is 5.75 Å². The molecule has 134 valence electrons. The number of aromatic amines is 1. The highest BCUT2D eigenvalue weighted by atomic mass is 19.4. The number of nitrogens with one attached hydrogen (secondary N) is 1. The van der Waals surface area contributed by atoms with Gasteiger partial charge in [0.2, 0.25) is 0 Å². The van der Waals surface area contributed by atoms with Gasteiger partial charge in [-0.25, -0.2) is 0 Å². The van der Waals surface area contributed by atoms with E-state index in [9.17, 15) is 13.2 Å². The number of aromatic nitrogens is 3. The van der Waals surface area contributed by atoms with Gasteiger partial charge in [-0.15, -0.1) is 5.10 Å². The van der Waals surface area contributed by atoms with Crippen molar-refractivity contribution in [1.29, 1.82) is 0 Å². The van der Waals surface area contributed by atoms with Crippen LogP contribution in [0.4, 0.5) is 19.0 Å². The van der Waals surface area contributed by atoms with Gasteiger partial charge in [0.25, 0.3) is 0 Å². The van der Waals surface area contributed by atoms with Crippen molar-refractivity contribution in [1.82, 2.24) is 15.4 Å². The predicted molar refractivity (Wildman–Crippen MR) is 92.2 cm³/mol. The molecule has 0 radical (unpaired) electrons. The van der Waals surface area contributed by atoms with Gasteiger partial charge in [-0.2, -0.15) is 23.5 Å². The Kier molecular flexibility index (Phi) is 4.92. The molecule has 2 aromatic carbocycles. The number of halogens is 3. The van der Waals surface area contributed by atoms with E-state index >= 15 is 0 Å². The Hall–Kier alpha value is -3.29. The maximum atomic E-state index is 12.7. The molecule has 0 bridgehead atoms. The highest BCUT2D eigenvalue weighted by molar-refractivity contribution is 5.70. The smallest absolute Gasteiger partial charge is 0.416 e. The Labute approximate surface area is 147 Å². The Morgan fingerprint density at radius 2 is 1.88 bits per heavy atom. The molecule has 0 aliphatic heterocycles. The van der Waals surface area contributed by atoms with E-state index in [1.54, 1.807) is 36.4 Å². The first-order chi connectivity index (χ1) is 12.4. The maximum Gasteiger partial charge on any atom is 0.416 e. The summed E-state index contributed by atoms with van der Waals surface area (Å²) in [7, 11) is 0. The van der Waals surface area contributed by atoms with Crippen molar-refractivity contribution in [3.8, 4) is 17.0 Å². The number of alkyl halides is 3. The molecule has 26 heavy (non-hydrogen) atoms. The molecule has 0 fully saturated rings. The number of ether oxygens (including phenoxy) is 1. The summed E-state index contributed by atoms with van der Waals surface area (Å²) < 4.78 is 43.7. The molecule has 0 spiro atoms. The molecule has 0 atom stereocenters. The lowest BCUT2D eigenvalue weighted by Gasteiger charge is -2.07. The highest BCUT2D eigenvalue weighted by Gasteiger charge is 2.30. The highest BCUT2D eigenvalue weighted by Crippen LogP contribution is 2.29. The molecule has 0 amide bonds. The lowest BCUT2D eigenvalue weighted by molar-refractivity contribution is -0.137. The molecule has 0 saturated heterocycles. The third-order valence-electron chi connectivity index (χ3n) is 3.55. The molecule has 5 nitrogen and oxygen atoms in total. The fourth-order valence-corrected chi connectivity index (χ4v) is 2.33. The van der Waals surface area contributed by atoms with Crippen LogP contribution >= 0.6 is 0 Å². The molecule has 1 aromatic heterocycles. The van der Waals surface area contributed by atoms with Crippen LogP contribution in [0.2, 0.25) is 0 Å². The molecular weight excluding hydrogens is 345 g/mol. The zero-order valence-corrected chi connectivity index (χ0v) is 13.5. The summed E-state index contributed by atoms with van der Waals surface area (Å²) in [5.41, 5.74) is 6.75. The standard InChI is InChI=1S/C18H15F3N4O/c19-18(20,21)14-7-1-4-12(10-14)5-3-9-26-15-8-2-6-13(11-15)16-17(22)24-25-23-16/h1-8,10-11H,9H2,(H3,22,23,24,25)/b5-3+. The van der Waals surface area contributed by atoms with Crippen molar-refractivity contribution in [2.75, 3.05) is 12.3 Å². The number of H-pyrrole nitrogens is 1. The largest absolute Gasteiger partial charge is 0.490 e. The first-order valence-electron chi connectivity index (χ1n) is 7.67. The van der Waals surface area contributed by atoms with Gasteiger partial charge in [0.15, 0.2) is 5.82 Å². The fraction of sp³-hybridized carbons (Fsp3) is 0.111. The number of benzene rings is 2. The van der Waals surface area contributed by atoms with Gasteiger partial charge in [-0.3, -0.25) is 0 Å². The van der Waals surface area contributed by atoms with Crippen LogP contribution in [0.3, 0.4) is 0 Å².